The smallest absolute Gasteiger partial charge is 0.175 e. The third-order valence-electron chi connectivity index (χ3n) is 3.83. The van der Waals surface area contributed by atoms with Gasteiger partial charge in [-0.3, -0.25) is 0 Å². The zero-order chi connectivity index (χ0) is 19.3. The highest BCUT2D eigenvalue weighted by Gasteiger charge is 2.06. The SMILES string of the molecule is Cc1nc(Nc2ccc(Oc3ccccc3)cc2)cc(Nc2cc(C)on2)n1. The minimum atomic E-state index is 0.601. The van der Waals surface area contributed by atoms with Gasteiger partial charge in [-0.25, -0.2) is 9.97 Å². The van der Waals surface area contributed by atoms with Crippen molar-refractivity contribution in [2.24, 2.45) is 0 Å². The Hall–Kier alpha value is -3.87. The molecule has 28 heavy (non-hydrogen) atoms. The molecule has 0 radical (unpaired) electrons. The molecule has 2 N–H and O–H groups in total. The van der Waals surface area contributed by atoms with Gasteiger partial charge in [-0.05, 0) is 50.2 Å². The van der Waals surface area contributed by atoms with Gasteiger partial charge in [0.15, 0.2) is 5.82 Å². The Balaban J connectivity index is 1.46. The molecule has 0 saturated heterocycles. The van der Waals surface area contributed by atoms with Crippen LogP contribution in [0.25, 0.3) is 0 Å². The van der Waals surface area contributed by atoms with Crippen LogP contribution in [0.3, 0.4) is 0 Å². The van der Waals surface area contributed by atoms with E-state index in [0.29, 0.717) is 23.3 Å². The monoisotopic (exact) mass is 373 g/mol. The number of hydrogen-bond acceptors (Lipinski definition) is 7. The van der Waals surface area contributed by atoms with Crippen molar-refractivity contribution < 1.29 is 9.26 Å². The highest BCUT2D eigenvalue weighted by Crippen LogP contribution is 2.25. The van der Waals surface area contributed by atoms with Crippen molar-refractivity contribution in [3.63, 3.8) is 0 Å². The molecule has 0 aliphatic heterocycles. The summed E-state index contributed by atoms with van der Waals surface area (Å²) in [5.41, 5.74) is 0.891. The van der Waals surface area contributed by atoms with Crippen LogP contribution in [0.15, 0.2) is 71.3 Å². The van der Waals surface area contributed by atoms with Crippen LogP contribution in [0.5, 0.6) is 11.5 Å². The lowest BCUT2D eigenvalue weighted by atomic mass is 10.3. The molecular formula is C21H19N5O2. The maximum atomic E-state index is 5.81. The Bertz CT molecular complexity index is 1060. The molecule has 2 heterocycles. The fourth-order valence-electron chi connectivity index (χ4n) is 2.63. The van der Waals surface area contributed by atoms with Gasteiger partial charge in [0.1, 0.15) is 34.7 Å². The van der Waals surface area contributed by atoms with E-state index in [1.54, 1.807) is 6.07 Å². The number of anilines is 4. The Morgan fingerprint density at radius 3 is 2.11 bits per heavy atom. The number of aromatic nitrogens is 3. The minimum absolute atomic E-state index is 0.601. The first-order valence-electron chi connectivity index (χ1n) is 8.80. The Labute approximate surface area is 162 Å². The summed E-state index contributed by atoms with van der Waals surface area (Å²) in [7, 11) is 0. The third kappa shape index (κ3) is 4.45. The van der Waals surface area contributed by atoms with Gasteiger partial charge >= 0.3 is 0 Å². The summed E-state index contributed by atoms with van der Waals surface area (Å²) in [6.45, 7) is 3.67. The molecule has 0 atom stereocenters. The molecule has 2 aromatic heterocycles. The molecule has 7 heteroatoms. The van der Waals surface area contributed by atoms with E-state index in [0.717, 1.165) is 22.9 Å². The van der Waals surface area contributed by atoms with Crippen LogP contribution >= 0.6 is 0 Å². The lowest BCUT2D eigenvalue weighted by Gasteiger charge is -2.10. The summed E-state index contributed by atoms with van der Waals surface area (Å²) in [6.07, 6.45) is 0. The first-order chi connectivity index (χ1) is 13.6. The minimum Gasteiger partial charge on any atom is -0.457 e. The maximum Gasteiger partial charge on any atom is 0.175 e. The number of para-hydroxylation sites is 1. The second-order valence-corrected chi connectivity index (χ2v) is 6.20. The molecule has 4 rings (SSSR count). The fourth-order valence-corrected chi connectivity index (χ4v) is 2.63. The third-order valence-corrected chi connectivity index (χ3v) is 3.83. The van der Waals surface area contributed by atoms with Crippen LogP contribution in [0.2, 0.25) is 0 Å². The number of aryl methyl sites for hydroxylation is 2. The topological polar surface area (TPSA) is 85.1 Å². The van der Waals surface area contributed by atoms with Crippen LogP contribution < -0.4 is 15.4 Å². The molecule has 0 fully saturated rings. The predicted molar refractivity (Wildman–Crippen MR) is 108 cm³/mol. The van der Waals surface area contributed by atoms with Crippen molar-refractivity contribution in [2.75, 3.05) is 10.6 Å². The van der Waals surface area contributed by atoms with Crippen molar-refractivity contribution in [3.8, 4) is 11.5 Å². The second kappa shape index (κ2) is 7.79. The van der Waals surface area contributed by atoms with E-state index in [4.69, 9.17) is 9.26 Å². The molecule has 0 spiro atoms. The zero-order valence-corrected chi connectivity index (χ0v) is 15.5. The largest absolute Gasteiger partial charge is 0.457 e. The lowest BCUT2D eigenvalue weighted by molar-refractivity contribution is 0.400. The summed E-state index contributed by atoms with van der Waals surface area (Å²) in [5.74, 6) is 4.83. The van der Waals surface area contributed by atoms with Gasteiger partial charge < -0.3 is 19.9 Å². The molecule has 0 unspecified atom stereocenters. The first kappa shape index (κ1) is 17.5. The molecule has 0 amide bonds. The van der Waals surface area contributed by atoms with Gasteiger partial charge in [-0.2, -0.15) is 0 Å². The molecular weight excluding hydrogens is 354 g/mol. The lowest BCUT2D eigenvalue weighted by Crippen LogP contribution is -2.01. The Kier molecular flexibility index (Phi) is 4.88. The summed E-state index contributed by atoms with van der Waals surface area (Å²) < 4.78 is 10.9. The van der Waals surface area contributed by atoms with Gasteiger partial charge in [-0.1, -0.05) is 23.4 Å². The van der Waals surface area contributed by atoms with Crippen LogP contribution in [-0.4, -0.2) is 15.1 Å². The van der Waals surface area contributed by atoms with E-state index in [1.165, 1.54) is 0 Å². The van der Waals surface area contributed by atoms with Crippen LogP contribution in [0.4, 0.5) is 23.1 Å². The molecule has 2 aromatic carbocycles. The number of nitrogens with one attached hydrogen (secondary N) is 2. The molecule has 7 nitrogen and oxygen atoms in total. The van der Waals surface area contributed by atoms with Crippen LogP contribution in [0.1, 0.15) is 11.6 Å². The molecule has 140 valence electrons. The number of hydrogen-bond donors (Lipinski definition) is 2. The van der Waals surface area contributed by atoms with E-state index in [2.05, 4.69) is 25.8 Å². The normalized spacial score (nSPS) is 10.5. The molecule has 0 bridgehead atoms. The standard InChI is InChI=1S/C21H19N5O2/c1-14-12-21(26-28-14)25-20-13-19(22-15(2)23-20)24-16-8-10-18(11-9-16)27-17-6-4-3-5-7-17/h3-13H,1-2H3,(H2,22,23,24,25,26). The van der Waals surface area contributed by atoms with Gasteiger partial charge in [0.25, 0.3) is 0 Å². The van der Waals surface area contributed by atoms with Crippen molar-refractivity contribution in [1.82, 2.24) is 15.1 Å². The van der Waals surface area contributed by atoms with Gasteiger partial charge in [-0.15, -0.1) is 0 Å². The average molecular weight is 373 g/mol. The molecule has 0 aliphatic rings. The summed E-state index contributed by atoms with van der Waals surface area (Å²) in [4.78, 5) is 8.81. The number of benzene rings is 2. The van der Waals surface area contributed by atoms with Gasteiger partial charge in [0, 0.05) is 17.8 Å². The summed E-state index contributed by atoms with van der Waals surface area (Å²) in [6, 6.07) is 21.0. The fraction of sp³-hybridized carbons (Fsp3) is 0.0952. The average Bonchev–Trinajstić information content (AvgIpc) is 3.08. The van der Waals surface area contributed by atoms with E-state index >= 15 is 0 Å². The maximum absolute atomic E-state index is 5.81. The molecule has 0 aliphatic carbocycles. The molecule has 4 aromatic rings. The van der Waals surface area contributed by atoms with Gasteiger partial charge in [0.05, 0.1) is 0 Å². The number of rotatable bonds is 6. The summed E-state index contributed by atoms with van der Waals surface area (Å²) >= 11 is 0. The van der Waals surface area contributed by atoms with Crippen molar-refractivity contribution in [3.05, 3.63) is 78.3 Å². The van der Waals surface area contributed by atoms with E-state index < -0.39 is 0 Å². The number of ether oxygens (including phenoxy) is 1. The highest BCUT2D eigenvalue weighted by molar-refractivity contribution is 5.62. The van der Waals surface area contributed by atoms with Crippen molar-refractivity contribution in [2.45, 2.75) is 13.8 Å². The van der Waals surface area contributed by atoms with Crippen LogP contribution in [0, 0.1) is 13.8 Å². The zero-order valence-electron chi connectivity index (χ0n) is 15.5. The predicted octanol–water partition coefficient (Wildman–Crippen LogP) is 5.36. The highest BCUT2D eigenvalue weighted by atomic mass is 16.5. The van der Waals surface area contributed by atoms with Crippen molar-refractivity contribution >= 4 is 23.1 Å². The Morgan fingerprint density at radius 2 is 1.43 bits per heavy atom. The van der Waals surface area contributed by atoms with E-state index in [-0.39, 0.29) is 0 Å². The quantitative estimate of drug-likeness (QED) is 0.470. The first-order valence-corrected chi connectivity index (χ1v) is 8.80. The van der Waals surface area contributed by atoms with E-state index in [1.807, 2.05) is 74.5 Å². The van der Waals surface area contributed by atoms with Crippen LogP contribution in [-0.2, 0) is 0 Å². The van der Waals surface area contributed by atoms with E-state index in [9.17, 15) is 0 Å². The summed E-state index contributed by atoms with van der Waals surface area (Å²) in [5, 5.41) is 10.3. The van der Waals surface area contributed by atoms with Gasteiger partial charge in [0.2, 0.25) is 0 Å². The molecule has 0 saturated carbocycles. The second-order valence-electron chi connectivity index (χ2n) is 6.20. The number of nitrogens with zero attached hydrogens (tertiary/aromatic N) is 3. The Morgan fingerprint density at radius 1 is 0.750 bits per heavy atom. The van der Waals surface area contributed by atoms with Crippen molar-refractivity contribution in [1.29, 1.82) is 0 Å².